The number of nitrogens with zero attached hydrogens (tertiary/aromatic N) is 1. The molecule has 0 bridgehead atoms. The van der Waals surface area contributed by atoms with Crippen LogP contribution in [0.3, 0.4) is 0 Å². The van der Waals surface area contributed by atoms with E-state index >= 15 is 0 Å². The highest BCUT2D eigenvalue weighted by molar-refractivity contribution is 6.03. The molecule has 5 aromatic rings. The van der Waals surface area contributed by atoms with E-state index < -0.39 is 12.0 Å². The summed E-state index contributed by atoms with van der Waals surface area (Å²) in [5, 5.41) is 13.2. The van der Waals surface area contributed by atoms with Crippen LogP contribution in [0, 0.1) is 0 Å². The molecule has 1 unspecified atom stereocenters. The van der Waals surface area contributed by atoms with Gasteiger partial charge in [0, 0.05) is 34.5 Å². The molecule has 1 saturated carbocycles. The second-order valence-electron chi connectivity index (χ2n) is 13.1. The van der Waals surface area contributed by atoms with Crippen LogP contribution in [0.25, 0.3) is 28.2 Å². The Labute approximate surface area is 286 Å². The summed E-state index contributed by atoms with van der Waals surface area (Å²) in [7, 11) is 0. The second kappa shape index (κ2) is 14.4. The number of fused-ring (bicyclic) bond motifs is 5. The minimum Gasteiger partial charge on any atom is -0.491 e. The highest BCUT2D eigenvalue weighted by Gasteiger charge is 2.30. The van der Waals surface area contributed by atoms with Crippen molar-refractivity contribution in [3.8, 4) is 17.0 Å². The van der Waals surface area contributed by atoms with Gasteiger partial charge in [-0.3, -0.25) is 9.59 Å². The van der Waals surface area contributed by atoms with Crippen molar-refractivity contribution in [1.29, 1.82) is 0 Å². The molecule has 49 heavy (non-hydrogen) atoms. The van der Waals surface area contributed by atoms with Gasteiger partial charge in [-0.25, -0.2) is 4.79 Å². The number of ketones is 1. The van der Waals surface area contributed by atoms with Crippen LogP contribution in [0.15, 0.2) is 103 Å². The van der Waals surface area contributed by atoms with Gasteiger partial charge in [-0.1, -0.05) is 92.1 Å². The number of Topliss-reactive ketones (excluding diaryl/α,β-unsaturated/α-hetero) is 1. The Balaban J connectivity index is 1.20. The Morgan fingerprint density at radius 2 is 1.63 bits per heavy atom. The number of aliphatic carboxylic acids is 1. The van der Waals surface area contributed by atoms with E-state index in [9.17, 15) is 14.4 Å². The van der Waals surface area contributed by atoms with Crippen molar-refractivity contribution in [2.45, 2.75) is 63.5 Å². The molecule has 7 rings (SSSR count). The Hall–Kier alpha value is -5.43. The largest absolute Gasteiger partial charge is 0.491 e. The van der Waals surface area contributed by atoms with Crippen LogP contribution in [-0.4, -0.2) is 40.0 Å². The number of carbonyl (C=O) groups is 3. The smallest absolute Gasteiger partial charge is 0.328 e. The summed E-state index contributed by atoms with van der Waals surface area (Å²) in [6, 6.07) is 30.4. The Morgan fingerprint density at radius 3 is 2.41 bits per heavy atom. The summed E-state index contributed by atoms with van der Waals surface area (Å²) in [5.41, 5.74) is 7.68. The third-order valence-corrected chi connectivity index (χ3v) is 9.85. The molecule has 1 fully saturated rings. The molecule has 1 aromatic heterocycles. The molecule has 0 saturated heterocycles. The molecule has 248 valence electrons. The van der Waals surface area contributed by atoms with Gasteiger partial charge >= 0.3 is 5.97 Å². The summed E-state index contributed by atoms with van der Waals surface area (Å²) in [4.78, 5) is 38.7. The highest BCUT2D eigenvalue weighted by atomic mass is 16.5. The van der Waals surface area contributed by atoms with Crippen molar-refractivity contribution in [3.05, 3.63) is 131 Å². The number of benzene rings is 4. The zero-order chi connectivity index (χ0) is 33.7. The monoisotopic (exact) mass is 652 g/mol. The standard InChI is InChI=1S/C42H40N2O5/c45-37(26-30-17-15-28(16-18-30)19-22-39(46)47)35(25-29-9-3-1-4-10-29)43-42(48)32-20-21-33-36(27-32)44-23-24-49-38-14-8-7-13-34(38)41(44)40(33)31-11-5-2-6-12-31/h1,3-4,7-10,13-22,27,31,35H,2,5-6,11-12,23-26H2,(H,43,48)(H,46,47)/b22-19+. The quantitative estimate of drug-likeness (QED) is 0.149. The van der Waals surface area contributed by atoms with Gasteiger partial charge in [-0.15, -0.1) is 0 Å². The number of hydrogen-bond acceptors (Lipinski definition) is 4. The first kappa shape index (κ1) is 32.1. The van der Waals surface area contributed by atoms with Crippen LogP contribution in [0.4, 0.5) is 0 Å². The van der Waals surface area contributed by atoms with E-state index in [0.717, 1.165) is 52.4 Å². The van der Waals surface area contributed by atoms with Crippen molar-refractivity contribution in [3.63, 3.8) is 0 Å². The van der Waals surface area contributed by atoms with Crippen LogP contribution >= 0.6 is 0 Å². The Bertz CT molecular complexity index is 2020. The molecule has 1 atom stereocenters. The van der Waals surface area contributed by atoms with Crippen LogP contribution in [0.2, 0.25) is 0 Å². The van der Waals surface area contributed by atoms with E-state index in [1.54, 1.807) is 12.1 Å². The van der Waals surface area contributed by atoms with Gasteiger partial charge in [-0.2, -0.15) is 0 Å². The van der Waals surface area contributed by atoms with Crippen molar-refractivity contribution in [2.75, 3.05) is 6.61 Å². The maximum absolute atomic E-state index is 14.0. The van der Waals surface area contributed by atoms with Gasteiger partial charge in [0.15, 0.2) is 5.78 Å². The third kappa shape index (κ3) is 7.07. The summed E-state index contributed by atoms with van der Waals surface area (Å²) < 4.78 is 8.54. The molecule has 0 radical (unpaired) electrons. The fourth-order valence-electron chi connectivity index (χ4n) is 7.45. The van der Waals surface area contributed by atoms with Crippen LogP contribution in [0.5, 0.6) is 5.75 Å². The minimum atomic E-state index is -1.02. The van der Waals surface area contributed by atoms with Gasteiger partial charge in [0.05, 0.1) is 18.3 Å². The molecule has 2 heterocycles. The molecule has 0 spiro atoms. The predicted octanol–water partition coefficient (Wildman–Crippen LogP) is 8.00. The zero-order valence-corrected chi connectivity index (χ0v) is 27.4. The summed E-state index contributed by atoms with van der Waals surface area (Å²) in [5.74, 6) is -0.0576. The van der Waals surface area contributed by atoms with Gasteiger partial charge < -0.3 is 19.7 Å². The molecule has 2 aliphatic rings. The van der Waals surface area contributed by atoms with E-state index in [1.165, 1.54) is 42.0 Å². The Morgan fingerprint density at radius 1 is 0.878 bits per heavy atom. The van der Waals surface area contributed by atoms with Gasteiger partial charge in [0.25, 0.3) is 5.91 Å². The van der Waals surface area contributed by atoms with E-state index in [-0.39, 0.29) is 18.1 Å². The fraction of sp³-hybridized carbons (Fsp3) is 0.262. The number of carbonyl (C=O) groups excluding carboxylic acids is 2. The fourth-order valence-corrected chi connectivity index (χ4v) is 7.45. The molecule has 2 N–H and O–H groups in total. The molecule has 7 nitrogen and oxygen atoms in total. The predicted molar refractivity (Wildman–Crippen MR) is 192 cm³/mol. The number of aromatic nitrogens is 1. The average Bonchev–Trinajstić information content (AvgIpc) is 3.32. The third-order valence-electron chi connectivity index (χ3n) is 9.85. The zero-order valence-electron chi connectivity index (χ0n) is 27.4. The van der Waals surface area contributed by atoms with Gasteiger partial charge in [0.2, 0.25) is 0 Å². The number of rotatable bonds is 10. The Kier molecular flexibility index (Phi) is 9.42. The van der Waals surface area contributed by atoms with Crippen molar-refractivity contribution in [2.24, 2.45) is 0 Å². The van der Waals surface area contributed by atoms with Crippen LogP contribution in [0.1, 0.15) is 70.6 Å². The lowest BCUT2D eigenvalue weighted by atomic mass is 9.81. The maximum atomic E-state index is 14.0. The average molecular weight is 653 g/mol. The molecular weight excluding hydrogens is 612 g/mol. The number of ether oxygens (including phenoxy) is 1. The van der Waals surface area contributed by atoms with E-state index in [1.807, 2.05) is 66.7 Å². The van der Waals surface area contributed by atoms with Gasteiger partial charge in [-0.05, 0) is 77.8 Å². The normalized spacial score (nSPS) is 15.2. The summed E-state index contributed by atoms with van der Waals surface area (Å²) >= 11 is 0. The molecule has 7 heteroatoms. The number of amides is 1. The molecule has 4 aromatic carbocycles. The lowest BCUT2D eigenvalue weighted by Gasteiger charge is -2.23. The van der Waals surface area contributed by atoms with E-state index in [4.69, 9.17) is 9.84 Å². The number of para-hydroxylation sites is 1. The molecule has 1 aliphatic carbocycles. The number of hydrogen-bond donors (Lipinski definition) is 2. The highest BCUT2D eigenvalue weighted by Crippen LogP contribution is 2.47. The first-order valence-corrected chi connectivity index (χ1v) is 17.2. The SMILES string of the molecule is O=C(O)/C=C/c1ccc(CC(=O)C(Cc2ccccc2)NC(=O)c2ccc3c(C4CCCCC4)c4n(c3c2)CCOc2ccccc2-4)cc1. The topological polar surface area (TPSA) is 97.6 Å². The number of carboxylic acid groups (broad SMARTS) is 1. The van der Waals surface area contributed by atoms with Crippen molar-refractivity contribution < 1.29 is 24.2 Å². The number of carboxylic acids is 1. The lowest BCUT2D eigenvalue weighted by Crippen LogP contribution is -2.43. The van der Waals surface area contributed by atoms with Crippen molar-refractivity contribution >= 4 is 34.6 Å². The maximum Gasteiger partial charge on any atom is 0.328 e. The number of nitrogens with one attached hydrogen (secondary N) is 1. The molecule has 1 aliphatic heterocycles. The minimum absolute atomic E-state index is 0.1000. The van der Waals surface area contributed by atoms with Crippen molar-refractivity contribution in [1.82, 2.24) is 9.88 Å². The van der Waals surface area contributed by atoms with Gasteiger partial charge in [0.1, 0.15) is 12.4 Å². The van der Waals surface area contributed by atoms with E-state index in [2.05, 4.69) is 28.1 Å². The van der Waals surface area contributed by atoms with Crippen LogP contribution < -0.4 is 10.1 Å². The first-order valence-electron chi connectivity index (χ1n) is 17.2. The summed E-state index contributed by atoms with van der Waals surface area (Å²) in [6.07, 6.45) is 9.12. The lowest BCUT2D eigenvalue weighted by molar-refractivity contribution is -0.131. The second-order valence-corrected chi connectivity index (χ2v) is 13.1. The van der Waals surface area contributed by atoms with Crippen LogP contribution in [-0.2, 0) is 29.0 Å². The molecule has 1 amide bonds. The van der Waals surface area contributed by atoms with E-state index in [0.29, 0.717) is 31.1 Å². The summed E-state index contributed by atoms with van der Waals surface area (Å²) in [6.45, 7) is 1.22. The molecular formula is C42H40N2O5. The first-order chi connectivity index (χ1) is 23.9.